The first-order valence-corrected chi connectivity index (χ1v) is 7.42. The summed E-state index contributed by atoms with van der Waals surface area (Å²) in [5, 5.41) is 13.1. The molecule has 23 heavy (non-hydrogen) atoms. The number of carboxylic acid groups (broad SMARTS) is 1. The summed E-state index contributed by atoms with van der Waals surface area (Å²) >= 11 is 0. The molecule has 1 heterocycles. The van der Waals surface area contributed by atoms with Crippen molar-refractivity contribution in [1.82, 2.24) is 9.78 Å². The molecule has 120 valence electrons. The van der Waals surface area contributed by atoms with Gasteiger partial charge in [0, 0.05) is 6.92 Å². The molecule has 1 N–H and O–H groups in total. The Morgan fingerprint density at radius 2 is 1.87 bits per heavy atom. The molecule has 0 bridgehead atoms. The number of carbonyl (C=O) groups excluding carboxylic acids is 1. The number of hydrogen-bond acceptors (Lipinski definition) is 4. The lowest BCUT2D eigenvalue weighted by Crippen LogP contribution is -2.29. The van der Waals surface area contributed by atoms with Crippen molar-refractivity contribution in [2.24, 2.45) is 0 Å². The van der Waals surface area contributed by atoms with E-state index in [1.807, 2.05) is 12.1 Å². The minimum absolute atomic E-state index is 0.0583. The van der Waals surface area contributed by atoms with E-state index in [0.29, 0.717) is 5.69 Å². The maximum absolute atomic E-state index is 12.3. The fourth-order valence-corrected chi connectivity index (χ4v) is 2.18. The molecule has 0 fully saturated rings. The molecule has 6 heteroatoms. The number of nitrogens with zero attached hydrogens (tertiary/aromatic N) is 2. The number of benzene rings is 1. The Morgan fingerprint density at radius 1 is 1.22 bits per heavy atom. The van der Waals surface area contributed by atoms with Crippen molar-refractivity contribution in [2.75, 3.05) is 0 Å². The van der Waals surface area contributed by atoms with Crippen LogP contribution in [0.3, 0.4) is 0 Å². The van der Waals surface area contributed by atoms with Crippen molar-refractivity contribution in [3.63, 3.8) is 0 Å². The lowest BCUT2D eigenvalue weighted by atomic mass is 10.1. The summed E-state index contributed by atoms with van der Waals surface area (Å²) < 4.78 is 0.962. The Labute approximate surface area is 133 Å². The number of carbonyl (C=O) groups is 2. The van der Waals surface area contributed by atoms with Crippen molar-refractivity contribution in [1.29, 1.82) is 0 Å². The van der Waals surface area contributed by atoms with E-state index in [1.54, 1.807) is 12.1 Å². The summed E-state index contributed by atoms with van der Waals surface area (Å²) in [7, 11) is 0. The first-order chi connectivity index (χ1) is 10.9. The monoisotopic (exact) mass is 314 g/mol. The summed E-state index contributed by atoms with van der Waals surface area (Å²) in [6.07, 6.45) is 3.10. The van der Waals surface area contributed by atoms with Gasteiger partial charge < -0.3 is 5.11 Å². The van der Waals surface area contributed by atoms with Crippen LogP contribution >= 0.6 is 0 Å². The van der Waals surface area contributed by atoms with Crippen molar-refractivity contribution in [3.8, 4) is 5.69 Å². The van der Waals surface area contributed by atoms with Gasteiger partial charge >= 0.3 is 5.97 Å². The minimum Gasteiger partial charge on any atom is -0.477 e. The first kappa shape index (κ1) is 16.6. The van der Waals surface area contributed by atoms with E-state index in [0.717, 1.165) is 35.6 Å². The van der Waals surface area contributed by atoms with Crippen LogP contribution in [0.25, 0.3) is 5.69 Å². The lowest BCUT2D eigenvalue weighted by molar-refractivity contribution is 0.0694. The standard InChI is InChI=1S/C17H18N2O4/c1-3-4-5-12-6-8-13(9-7-12)19-16(21)14(17(22)23)10-15(18-19)11(2)20/h6-10H,3-5H2,1-2H3,(H,22,23). The molecule has 0 aliphatic rings. The highest BCUT2D eigenvalue weighted by Crippen LogP contribution is 2.11. The number of aromatic carboxylic acids is 1. The maximum atomic E-state index is 12.3. The van der Waals surface area contributed by atoms with Crippen molar-refractivity contribution in [3.05, 3.63) is 57.5 Å². The minimum atomic E-state index is -1.38. The second-order valence-corrected chi connectivity index (χ2v) is 5.29. The number of aromatic nitrogens is 2. The number of ketones is 1. The molecular formula is C17H18N2O4. The lowest BCUT2D eigenvalue weighted by Gasteiger charge is -2.08. The highest BCUT2D eigenvalue weighted by Gasteiger charge is 2.17. The molecule has 0 atom stereocenters. The Bertz CT molecular complexity index is 791. The second kappa shape index (κ2) is 7.00. The van der Waals surface area contributed by atoms with E-state index < -0.39 is 22.9 Å². The summed E-state index contributed by atoms with van der Waals surface area (Å²) in [5.41, 5.74) is 0.270. The Kier molecular flexibility index (Phi) is 5.05. The van der Waals surface area contributed by atoms with E-state index >= 15 is 0 Å². The second-order valence-electron chi connectivity index (χ2n) is 5.29. The van der Waals surface area contributed by atoms with Crippen LogP contribution in [-0.4, -0.2) is 26.6 Å². The van der Waals surface area contributed by atoms with Gasteiger partial charge in [0.25, 0.3) is 5.56 Å². The van der Waals surface area contributed by atoms with Crippen LogP contribution in [-0.2, 0) is 6.42 Å². The van der Waals surface area contributed by atoms with Crippen LogP contribution in [0.4, 0.5) is 0 Å². The number of hydrogen-bond donors (Lipinski definition) is 1. The van der Waals surface area contributed by atoms with E-state index in [9.17, 15) is 14.4 Å². The quantitative estimate of drug-likeness (QED) is 0.827. The van der Waals surface area contributed by atoms with Gasteiger partial charge in [0.2, 0.25) is 0 Å². The molecule has 2 rings (SSSR count). The smallest absolute Gasteiger partial charge is 0.341 e. The van der Waals surface area contributed by atoms with E-state index in [4.69, 9.17) is 5.11 Å². The van der Waals surface area contributed by atoms with Crippen LogP contribution in [0.5, 0.6) is 0 Å². The Morgan fingerprint density at radius 3 is 2.39 bits per heavy atom. The van der Waals surface area contributed by atoms with Crippen molar-refractivity contribution >= 4 is 11.8 Å². The average Bonchev–Trinajstić information content (AvgIpc) is 2.53. The highest BCUT2D eigenvalue weighted by atomic mass is 16.4. The predicted molar refractivity (Wildman–Crippen MR) is 85.4 cm³/mol. The highest BCUT2D eigenvalue weighted by molar-refractivity contribution is 5.95. The fraction of sp³-hybridized carbons (Fsp3) is 0.294. The van der Waals surface area contributed by atoms with Gasteiger partial charge in [-0.05, 0) is 36.6 Å². The largest absolute Gasteiger partial charge is 0.477 e. The zero-order chi connectivity index (χ0) is 17.0. The fourth-order valence-electron chi connectivity index (χ4n) is 2.18. The van der Waals surface area contributed by atoms with Gasteiger partial charge in [-0.1, -0.05) is 25.5 Å². The molecule has 2 aromatic rings. The maximum Gasteiger partial charge on any atom is 0.341 e. The van der Waals surface area contributed by atoms with Gasteiger partial charge in [-0.15, -0.1) is 0 Å². The molecule has 1 aromatic heterocycles. The van der Waals surface area contributed by atoms with E-state index in [1.165, 1.54) is 6.92 Å². The Hall–Kier alpha value is -2.76. The topological polar surface area (TPSA) is 89.3 Å². The average molecular weight is 314 g/mol. The van der Waals surface area contributed by atoms with Crippen LogP contribution in [0.2, 0.25) is 0 Å². The zero-order valence-corrected chi connectivity index (χ0v) is 13.1. The van der Waals surface area contributed by atoms with Gasteiger partial charge in [-0.3, -0.25) is 9.59 Å². The third-order valence-electron chi connectivity index (χ3n) is 3.50. The summed E-state index contributed by atoms with van der Waals surface area (Å²) in [4.78, 5) is 35.0. The van der Waals surface area contributed by atoms with Crippen LogP contribution in [0.1, 0.15) is 53.1 Å². The molecule has 0 spiro atoms. The van der Waals surface area contributed by atoms with Crippen LogP contribution in [0, 0.1) is 0 Å². The van der Waals surface area contributed by atoms with Crippen LogP contribution < -0.4 is 5.56 Å². The van der Waals surface area contributed by atoms with Gasteiger partial charge in [-0.25, -0.2) is 4.79 Å². The number of aryl methyl sites for hydroxylation is 1. The van der Waals surface area contributed by atoms with Crippen molar-refractivity contribution in [2.45, 2.75) is 33.1 Å². The van der Waals surface area contributed by atoms with E-state index in [-0.39, 0.29) is 5.69 Å². The molecular weight excluding hydrogens is 296 g/mol. The van der Waals surface area contributed by atoms with Gasteiger partial charge in [0.1, 0.15) is 11.3 Å². The van der Waals surface area contributed by atoms with Gasteiger partial charge in [-0.2, -0.15) is 9.78 Å². The molecule has 0 aliphatic carbocycles. The molecule has 0 unspecified atom stereocenters. The normalized spacial score (nSPS) is 10.5. The zero-order valence-electron chi connectivity index (χ0n) is 13.1. The number of unbranched alkanes of at least 4 members (excludes halogenated alkanes) is 1. The summed E-state index contributed by atoms with van der Waals surface area (Å²) in [6, 6.07) is 8.17. The van der Waals surface area contributed by atoms with Gasteiger partial charge in [0.05, 0.1) is 5.69 Å². The van der Waals surface area contributed by atoms with E-state index in [2.05, 4.69) is 12.0 Å². The predicted octanol–water partition coefficient (Wildman–Crippen LogP) is 2.48. The third kappa shape index (κ3) is 3.71. The number of rotatable bonds is 6. The first-order valence-electron chi connectivity index (χ1n) is 7.42. The van der Waals surface area contributed by atoms with Crippen molar-refractivity contribution < 1.29 is 14.7 Å². The molecule has 0 saturated carbocycles. The summed E-state index contributed by atoms with van der Waals surface area (Å²) in [6.45, 7) is 3.38. The number of carboxylic acids is 1. The molecule has 0 radical (unpaired) electrons. The third-order valence-corrected chi connectivity index (χ3v) is 3.50. The molecule has 0 saturated heterocycles. The van der Waals surface area contributed by atoms with Crippen LogP contribution in [0.15, 0.2) is 35.1 Å². The van der Waals surface area contributed by atoms with Gasteiger partial charge in [0.15, 0.2) is 5.78 Å². The molecule has 0 amide bonds. The summed E-state index contributed by atoms with van der Waals surface area (Å²) in [5.74, 6) is -1.78. The molecule has 6 nitrogen and oxygen atoms in total. The molecule has 1 aromatic carbocycles. The number of Topliss-reactive ketones (excluding diaryl/α,β-unsaturated/α-hetero) is 1. The molecule has 0 aliphatic heterocycles. The Balaban J connectivity index is 2.51. The SMILES string of the molecule is CCCCc1ccc(-n2nc(C(C)=O)cc(C(=O)O)c2=O)cc1.